The Morgan fingerprint density at radius 3 is 3.00 bits per heavy atom. The summed E-state index contributed by atoms with van der Waals surface area (Å²) in [5, 5.41) is 3.54. The maximum absolute atomic E-state index is 11.7. The van der Waals surface area contributed by atoms with Gasteiger partial charge in [0.05, 0.1) is 6.54 Å². The van der Waals surface area contributed by atoms with Crippen LogP contribution in [-0.4, -0.2) is 26.0 Å². The first-order valence-electron chi connectivity index (χ1n) is 4.96. The lowest BCUT2D eigenvalue weighted by atomic mass is 10.2. The fourth-order valence-electron chi connectivity index (χ4n) is 1.86. The van der Waals surface area contributed by atoms with E-state index >= 15 is 0 Å². The van der Waals surface area contributed by atoms with Crippen molar-refractivity contribution in [2.24, 2.45) is 0 Å². The highest BCUT2D eigenvalue weighted by atomic mass is 35.5. The van der Waals surface area contributed by atoms with Crippen molar-refractivity contribution in [1.82, 2.24) is 5.32 Å². The summed E-state index contributed by atoms with van der Waals surface area (Å²) in [5.41, 5.74) is 2.16. The van der Waals surface area contributed by atoms with Crippen LogP contribution in [0, 0.1) is 0 Å². The summed E-state index contributed by atoms with van der Waals surface area (Å²) >= 11 is 5.92. The minimum atomic E-state index is 0. The molecule has 0 unspecified atom stereocenters. The number of benzene rings is 1. The average molecular weight is 261 g/mol. The predicted molar refractivity (Wildman–Crippen MR) is 68.7 cm³/mol. The van der Waals surface area contributed by atoms with E-state index in [2.05, 4.69) is 5.32 Å². The molecule has 1 amide bonds. The van der Waals surface area contributed by atoms with Crippen LogP contribution in [-0.2, 0) is 11.2 Å². The maximum Gasteiger partial charge on any atom is 0.240 e. The molecule has 1 N–H and O–H groups in total. The molecule has 16 heavy (non-hydrogen) atoms. The van der Waals surface area contributed by atoms with Crippen LogP contribution in [0.2, 0.25) is 5.02 Å². The highest BCUT2D eigenvalue weighted by Gasteiger charge is 2.23. The van der Waals surface area contributed by atoms with Gasteiger partial charge < -0.3 is 10.2 Å². The Bertz CT molecular complexity index is 396. The summed E-state index contributed by atoms with van der Waals surface area (Å²) in [6.07, 6.45) is 0.919. The number of nitrogens with zero attached hydrogens (tertiary/aromatic N) is 1. The lowest BCUT2D eigenvalue weighted by molar-refractivity contribution is -0.117. The van der Waals surface area contributed by atoms with Crippen LogP contribution in [0.3, 0.4) is 0 Å². The molecule has 0 spiro atoms. The Morgan fingerprint density at radius 2 is 2.31 bits per heavy atom. The Hall–Kier alpha value is -0.770. The van der Waals surface area contributed by atoms with Gasteiger partial charge in [-0.05, 0) is 31.2 Å². The number of anilines is 1. The van der Waals surface area contributed by atoms with Crippen LogP contribution < -0.4 is 10.2 Å². The molecule has 0 aliphatic carbocycles. The second-order valence-corrected chi connectivity index (χ2v) is 4.04. The molecule has 1 aliphatic heterocycles. The van der Waals surface area contributed by atoms with Gasteiger partial charge in [0.1, 0.15) is 0 Å². The van der Waals surface area contributed by atoms with Gasteiger partial charge in [0, 0.05) is 17.3 Å². The number of carbonyl (C=O) groups is 1. The van der Waals surface area contributed by atoms with Crippen molar-refractivity contribution in [2.45, 2.75) is 6.42 Å². The molecule has 88 valence electrons. The first-order chi connectivity index (χ1) is 7.22. The van der Waals surface area contributed by atoms with Crippen molar-refractivity contribution in [3.8, 4) is 0 Å². The SMILES string of the molecule is CNCC(=O)N1CCc2ccc(Cl)cc21.Cl. The van der Waals surface area contributed by atoms with E-state index in [9.17, 15) is 4.79 Å². The van der Waals surface area contributed by atoms with Crippen LogP contribution in [0.15, 0.2) is 18.2 Å². The Morgan fingerprint density at radius 1 is 1.56 bits per heavy atom. The maximum atomic E-state index is 11.7. The normalized spacial score (nSPS) is 13.2. The zero-order valence-corrected chi connectivity index (χ0v) is 10.6. The second kappa shape index (κ2) is 5.53. The van der Waals surface area contributed by atoms with E-state index in [-0.39, 0.29) is 18.3 Å². The minimum Gasteiger partial charge on any atom is -0.311 e. The van der Waals surface area contributed by atoms with Crippen molar-refractivity contribution in [3.63, 3.8) is 0 Å². The fraction of sp³-hybridized carbons (Fsp3) is 0.364. The molecule has 5 heteroatoms. The molecule has 3 nitrogen and oxygen atoms in total. The Kier molecular flexibility index (Phi) is 4.59. The topological polar surface area (TPSA) is 32.3 Å². The molecule has 1 aromatic carbocycles. The molecule has 2 rings (SSSR count). The predicted octanol–water partition coefficient (Wildman–Crippen LogP) is 1.87. The number of halogens is 2. The first kappa shape index (κ1) is 13.3. The number of rotatable bonds is 2. The molecular formula is C11H14Cl2N2O. The van der Waals surface area contributed by atoms with E-state index in [1.54, 1.807) is 11.9 Å². The summed E-state index contributed by atoms with van der Waals surface area (Å²) in [4.78, 5) is 13.5. The summed E-state index contributed by atoms with van der Waals surface area (Å²) in [5.74, 6) is 0.0958. The molecule has 1 heterocycles. The molecule has 1 aliphatic rings. The number of hydrogen-bond acceptors (Lipinski definition) is 2. The van der Waals surface area contributed by atoms with Crippen molar-refractivity contribution in [1.29, 1.82) is 0 Å². The number of hydrogen-bond donors (Lipinski definition) is 1. The van der Waals surface area contributed by atoms with Gasteiger partial charge in [-0.15, -0.1) is 12.4 Å². The molecule has 0 aromatic heterocycles. The number of carbonyl (C=O) groups excluding carboxylic acids is 1. The summed E-state index contributed by atoms with van der Waals surface area (Å²) in [6.45, 7) is 1.13. The third kappa shape index (κ3) is 2.48. The van der Waals surface area contributed by atoms with E-state index < -0.39 is 0 Å². The molecule has 0 atom stereocenters. The Labute approximate surface area is 106 Å². The van der Waals surface area contributed by atoms with E-state index in [1.807, 2.05) is 18.2 Å². The van der Waals surface area contributed by atoms with E-state index in [1.165, 1.54) is 5.56 Å². The van der Waals surface area contributed by atoms with Gasteiger partial charge in [0.25, 0.3) is 0 Å². The largest absolute Gasteiger partial charge is 0.311 e. The number of amides is 1. The van der Waals surface area contributed by atoms with Gasteiger partial charge in [-0.1, -0.05) is 17.7 Å². The zero-order valence-electron chi connectivity index (χ0n) is 9.00. The standard InChI is InChI=1S/C11H13ClN2O.ClH/c1-13-7-11(15)14-5-4-8-2-3-9(12)6-10(8)14;/h2-3,6,13H,4-5,7H2,1H3;1H. The first-order valence-corrected chi connectivity index (χ1v) is 5.33. The summed E-state index contributed by atoms with van der Waals surface area (Å²) in [6, 6.07) is 5.72. The highest BCUT2D eigenvalue weighted by Crippen LogP contribution is 2.30. The molecule has 0 saturated carbocycles. The van der Waals surface area contributed by atoms with Crippen molar-refractivity contribution in [2.75, 3.05) is 25.0 Å². The van der Waals surface area contributed by atoms with Crippen molar-refractivity contribution < 1.29 is 4.79 Å². The lowest BCUT2D eigenvalue weighted by Crippen LogP contribution is -2.35. The second-order valence-electron chi connectivity index (χ2n) is 3.60. The Balaban J connectivity index is 0.00000128. The zero-order chi connectivity index (χ0) is 10.8. The smallest absolute Gasteiger partial charge is 0.240 e. The highest BCUT2D eigenvalue weighted by molar-refractivity contribution is 6.31. The quantitative estimate of drug-likeness (QED) is 0.881. The van der Waals surface area contributed by atoms with Gasteiger partial charge in [0.15, 0.2) is 0 Å². The van der Waals surface area contributed by atoms with Crippen LogP contribution >= 0.6 is 24.0 Å². The third-order valence-corrected chi connectivity index (χ3v) is 2.81. The van der Waals surface area contributed by atoms with Crippen LogP contribution in [0.5, 0.6) is 0 Å². The average Bonchev–Trinajstić information content (AvgIpc) is 2.60. The van der Waals surface area contributed by atoms with E-state index in [0.29, 0.717) is 11.6 Å². The van der Waals surface area contributed by atoms with E-state index in [0.717, 1.165) is 18.7 Å². The number of fused-ring (bicyclic) bond motifs is 1. The van der Waals surface area contributed by atoms with Gasteiger partial charge >= 0.3 is 0 Å². The number of likely N-dealkylation sites (N-methyl/N-ethyl adjacent to an activating group) is 1. The molecule has 0 saturated heterocycles. The molecule has 0 radical (unpaired) electrons. The lowest BCUT2D eigenvalue weighted by Gasteiger charge is -2.17. The molecular weight excluding hydrogens is 247 g/mol. The molecule has 1 aromatic rings. The van der Waals surface area contributed by atoms with Crippen molar-refractivity contribution >= 4 is 35.6 Å². The number of nitrogens with one attached hydrogen (secondary N) is 1. The third-order valence-electron chi connectivity index (χ3n) is 2.57. The molecule has 0 fully saturated rings. The molecule has 0 bridgehead atoms. The van der Waals surface area contributed by atoms with Crippen molar-refractivity contribution in [3.05, 3.63) is 28.8 Å². The van der Waals surface area contributed by atoms with Crippen LogP contribution in [0.25, 0.3) is 0 Å². The minimum absolute atomic E-state index is 0. The summed E-state index contributed by atoms with van der Waals surface area (Å²) in [7, 11) is 1.77. The fourth-order valence-corrected chi connectivity index (χ4v) is 2.02. The van der Waals surface area contributed by atoms with Crippen LogP contribution in [0.4, 0.5) is 5.69 Å². The van der Waals surface area contributed by atoms with Gasteiger partial charge in [0.2, 0.25) is 5.91 Å². The monoisotopic (exact) mass is 260 g/mol. The van der Waals surface area contributed by atoms with Gasteiger partial charge in [-0.25, -0.2) is 0 Å². The summed E-state index contributed by atoms with van der Waals surface area (Å²) < 4.78 is 0. The van der Waals surface area contributed by atoms with E-state index in [4.69, 9.17) is 11.6 Å². The van der Waals surface area contributed by atoms with Gasteiger partial charge in [-0.3, -0.25) is 4.79 Å². The van der Waals surface area contributed by atoms with Gasteiger partial charge in [-0.2, -0.15) is 0 Å². The van der Waals surface area contributed by atoms with Crippen LogP contribution in [0.1, 0.15) is 5.56 Å².